The number of aromatic nitrogens is 1. The summed E-state index contributed by atoms with van der Waals surface area (Å²) in [6.07, 6.45) is 0. The molecule has 1 heterocycles. The normalized spacial score (nSPS) is 13.3. The van der Waals surface area contributed by atoms with Crippen molar-refractivity contribution in [1.29, 1.82) is 0 Å². The van der Waals surface area contributed by atoms with Crippen molar-refractivity contribution in [2.24, 2.45) is 0 Å². The number of hydrogen-bond donors (Lipinski definition) is 2. The smallest absolute Gasteiger partial charge is 0.240 e. The van der Waals surface area contributed by atoms with E-state index < -0.39 is 10.0 Å². The molecule has 0 fully saturated rings. The highest BCUT2D eigenvalue weighted by Crippen LogP contribution is 2.18. The average Bonchev–Trinajstić information content (AvgIpc) is 2.90. The van der Waals surface area contributed by atoms with Crippen molar-refractivity contribution < 1.29 is 8.42 Å². The summed E-state index contributed by atoms with van der Waals surface area (Å²) in [7, 11) is -1.67. The fraction of sp³-hybridized carbons (Fsp3) is 0.357. The van der Waals surface area contributed by atoms with Crippen LogP contribution in [0.1, 0.15) is 29.1 Å². The van der Waals surface area contributed by atoms with Crippen LogP contribution in [0.5, 0.6) is 0 Å². The van der Waals surface area contributed by atoms with Gasteiger partial charge in [-0.3, -0.25) is 0 Å². The Morgan fingerprint density at radius 2 is 2.14 bits per heavy atom. The molecular weight excluding hydrogens is 306 g/mol. The lowest BCUT2D eigenvalue weighted by Crippen LogP contribution is -2.23. The molecule has 0 spiro atoms. The van der Waals surface area contributed by atoms with Crippen LogP contribution in [0.15, 0.2) is 34.7 Å². The molecule has 2 N–H and O–H groups in total. The molecule has 1 aromatic carbocycles. The zero-order chi connectivity index (χ0) is 15.5. The van der Waals surface area contributed by atoms with Gasteiger partial charge in [-0.15, -0.1) is 11.3 Å². The number of nitrogens with zero attached hydrogens (tertiary/aromatic N) is 1. The molecule has 0 aliphatic carbocycles. The zero-order valence-corrected chi connectivity index (χ0v) is 13.9. The summed E-state index contributed by atoms with van der Waals surface area (Å²) in [4.78, 5) is 5.32. The van der Waals surface area contributed by atoms with Crippen molar-refractivity contribution in [1.82, 2.24) is 15.0 Å². The van der Waals surface area contributed by atoms with E-state index in [1.54, 1.807) is 23.7 Å². The molecule has 0 aliphatic heterocycles. The molecule has 5 nitrogen and oxygen atoms in total. The van der Waals surface area contributed by atoms with Crippen molar-refractivity contribution >= 4 is 21.4 Å². The van der Waals surface area contributed by atoms with Crippen LogP contribution in [0, 0.1) is 6.92 Å². The van der Waals surface area contributed by atoms with Gasteiger partial charge in [0.25, 0.3) is 0 Å². The van der Waals surface area contributed by atoms with Crippen LogP contribution >= 0.6 is 11.3 Å². The maximum atomic E-state index is 12.4. The fourth-order valence-corrected chi connectivity index (χ4v) is 3.72. The first kappa shape index (κ1) is 16.1. The summed E-state index contributed by atoms with van der Waals surface area (Å²) in [5, 5.41) is 3.10. The topological polar surface area (TPSA) is 71.1 Å². The molecule has 1 aromatic heterocycles. The SMILES string of the molecule is CNC(C)c1cccc(S(=O)(=O)NCc2scnc2C)c1. The van der Waals surface area contributed by atoms with Crippen molar-refractivity contribution in [3.05, 3.63) is 45.9 Å². The summed E-state index contributed by atoms with van der Waals surface area (Å²) < 4.78 is 27.3. The van der Waals surface area contributed by atoms with E-state index in [9.17, 15) is 8.42 Å². The van der Waals surface area contributed by atoms with Crippen LogP contribution in [-0.4, -0.2) is 20.4 Å². The van der Waals surface area contributed by atoms with Crippen LogP contribution in [0.4, 0.5) is 0 Å². The maximum Gasteiger partial charge on any atom is 0.240 e. The Morgan fingerprint density at radius 3 is 2.76 bits per heavy atom. The van der Waals surface area contributed by atoms with Gasteiger partial charge in [-0.1, -0.05) is 12.1 Å². The van der Waals surface area contributed by atoms with E-state index >= 15 is 0 Å². The number of nitrogens with one attached hydrogen (secondary N) is 2. The molecule has 0 bridgehead atoms. The molecule has 1 unspecified atom stereocenters. The molecule has 0 saturated carbocycles. The van der Waals surface area contributed by atoms with Gasteiger partial charge >= 0.3 is 0 Å². The summed E-state index contributed by atoms with van der Waals surface area (Å²) >= 11 is 1.45. The van der Waals surface area contributed by atoms with Crippen LogP contribution < -0.4 is 10.0 Å². The Morgan fingerprint density at radius 1 is 1.38 bits per heavy atom. The molecular formula is C14H19N3O2S2. The molecule has 2 aromatic rings. The predicted molar refractivity (Wildman–Crippen MR) is 84.8 cm³/mol. The second-order valence-corrected chi connectivity index (χ2v) is 7.47. The quantitative estimate of drug-likeness (QED) is 0.854. The Hall–Kier alpha value is -1.28. The molecule has 2 rings (SSSR count). The fourth-order valence-electron chi connectivity index (χ4n) is 1.86. The zero-order valence-electron chi connectivity index (χ0n) is 12.3. The Labute approximate surface area is 129 Å². The number of aryl methyl sites for hydroxylation is 1. The third-order valence-corrected chi connectivity index (χ3v) is 5.70. The van der Waals surface area contributed by atoms with Crippen molar-refractivity contribution in [3.63, 3.8) is 0 Å². The van der Waals surface area contributed by atoms with Crippen molar-refractivity contribution in [2.75, 3.05) is 7.05 Å². The highest BCUT2D eigenvalue weighted by molar-refractivity contribution is 7.89. The van der Waals surface area contributed by atoms with Gasteiger partial charge < -0.3 is 5.32 Å². The van der Waals surface area contributed by atoms with Crippen LogP contribution in [0.2, 0.25) is 0 Å². The Bertz CT molecular complexity index is 711. The summed E-state index contributed by atoms with van der Waals surface area (Å²) in [6.45, 7) is 4.12. The van der Waals surface area contributed by atoms with Gasteiger partial charge in [-0.25, -0.2) is 18.1 Å². The summed E-state index contributed by atoms with van der Waals surface area (Å²) in [5.74, 6) is 0. The molecule has 7 heteroatoms. The molecule has 1 atom stereocenters. The van der Waals surface area contributed by atoms with Crippen LogP contribution in [-0.2, 0) is 16.6 Å². The number of rotatable bonds is 6. The predicted octanol–water partition coefficient (Wildman–Crippen LogP) is 2.21. The minimum Gasteiger partial charge on any atom is -0.313 e. The van der Waals surface area contributed by atoms with E-state index in [0.29, 0.717) is 0 Å². The number of sulfonamides is 1. The van der Waals surface area contributed by atoms with E-state index in [4.69, 9.17) is 0 Å². The van der Waals surface area contributed by atoms with Crippen LogP contribution in [0.25, 0.3) is 0 Å². The summed E-state index contributed by atoms with van der Waals surface area (Å²) in [5.41, 5.74) is 3.52. The summed E-state index contributed by atoms with van der Waals surface area (Å²) in [6, 6.07) is 7.07. The van der Waals surface area contributed by atoms with E-state index in [2.05, 4.69) is 15.0 Å². The monoisotopic (exact) mass is 325 g/mol. The first-order valence-corrected chi connectivity index (χ1v) is 8.96. The molecule has 21 heavy (non-hydrogen) atoms. The van der Waals surface area contributed by atoms with Gasteiger partial charge in [0, 0.05) is 17.5 Å². The Kier molecular flexibility index (Phi) is 5.10. The largest absolute Gasteiger partial charge is 0.313 e. The first-order chi connectivity index (χ1) is 9.94. The Balaban J connectivity index is 2.18. The second kappa shape index (κ2) is 6.65. The highest BCUT2D eigenvalue weighted by Gasteiger charge is 2.16. The van der Waals surface area contributed by atoms with Gasteiger partial charge in [0.05, 0.1) is 16.1 Å². The molecule has 0 saturated heterocycles. The first-order valence-electron chi connectivity index (χ1n) is 6.60. The van der Waals surface area contributed by atoms with Gasteiger partial charge in [0.1, 0.15) is 0 Å². The molecule has 0 radical (unpaired) electrons. The minimum atomic E-state index is -3.52. The lowest BCUT2D eigenvalue weighted by Gasteiger charge is -2.12. The number of benzene rings is 1. The third kappa shape index (κ3) is 3.88. The second-order valence-electron chi connectivity index (χ2n) is 4.77. The van der Waals surface area contributed by atoms with Crippen molar-refractivity contribution in [2.45, 2.75) is 31.3 Å². The lowest BCUT2D eigenvalue weighted by atomic mass is 10.1. The lowest BCUT2D eigenvalue weighted by molar-refractivity contribution is 0.581. The maximum absolute atomic E-state index is 12.4. The van der Waals surface area contributed by atoms with E-state index in [1.807, 2.05) is 27.0 Å². The average molecular weight is 325 g/mol. The van der Waals surface area contributed by atoms with E-state index in [1.165, 1.54) is 11.3 Å². The van der Waals surface area contributed by atoms with Crippen molar-refractivity contribution in [3.8, 4) is 0 Å². The van der Waals surface area contributed by atoms with Gasteiger partial charge in [-0.2, -0.15) is 0 Å². The van der Waals surface area contributed by atoms with Gasteiger partial charge in [0.2, 0.25) is 10.0 Å². The molecule has 0 aliphatic rings. The van der Waals surface area contributed by atoms with E-state index in [0.717, 1.165) is 16.1 Å². The van der Waals surface area contributed by atoms with Gasteiger partial charge in [0.15, 0.2) is 0 Å². The molecule has 0 amide bonds. The third-order valence-electron chi connectivity index (χ3n) is 3.37. The van der Waals surface area contributed by atoms with E-state index in [-0.39, 0.29) is 17.5 Å². The van der Waals surface area contributed by atoms with Gasteiger partial charge in [-0.05, 0) is 38.6 Å². The highest BCUT2D eigenvalue weighted by atomic mass is 32.2. The minimum absolute atomic E-state index is 0.101. The molecule has 114 valence electrons. The van der Waals surface area contributed by atoms with Crippen LogP contribution in [0.3, 0.4) is 0 Å². The standard InChI is InChI=1S/C14H19N3O2S2/c1-10(15-3)12-5-4-6-13(7-12)21(18,19)17-8-14-11(2)16-9-20-14/h4-7,9-10,15,17H,8H2,1-3H3. The number of hydrogen-bond acceptors (Lipinski definition) is 5. The number of thiazole rings is 1.